The van der Waals surface area contributed by atoms with E-state index in [2.05, 4.69) is 35.1 Å². The van der Waals surface area contributed by atoms with Gasteiger partial charge >= 0.3 is 0 Å². The van der Waals surface area contributed by atoms with E-state index in [9.17, 15) is 0 Å². The first-order chi connectivity index (χ1) is 7.72. The van der Waals surface area contributed by atoms with Crippen LogP contribution in [0.5, 0.6) is 0 Å². The van der Waals surface area contributed by atoms with Crippen LogP contribution in [0.15, 0.2) is 18.5 Å². The Bertz CT molecular complexity index is 317. The normalized spacial score (nSPS) is 12.2. The van der Waals surface area contributed by atoms with Gasteiger partial charge in [0.1, 0.15) is 0 Å². The van der Waals surface area contributed by atoms with Crippen LogP contribution in [0.1, 0.15) is 13.8 Å². The summed E-state index contributed by atoms with van der Waals surface area (Å²) in [6, 6.07) is 2.45. The molecule has 1 N–H and O–H groups in total. The molecule has 16 heavy (non-hydrogen) atoms. The van der Waals surface area contributed by atoms with Crippen molar-refractivity contribution in [3.8, 4) is 0 Å². The van der Waals surface area contributed by atoms with Crippen LogP contribution in [0.25, 0.3) is 0 Å². The topological polar surface area (TPSA) is 37.4 Å². The molecule has 0 fully saturated rings. The van der Waals surface area contributed by atoms with Gasteiger partial charge in [-0.3, -0.25) is 4.98 Å². The summed E-state index contributed by atoms with van der Waals surface area (Å²) in [6.07, 6.45) is 3.70. The number of ether oxygens (including phenoxy) is 1. The molecule has 0 radical (unpaired) electrons. The monoisotopic (exact) mass is 223 g/mol. The average Bonchev–Trinajstić information content (AvgIpc) is 2.31. The second-order valence-corrected chi connectivity index (χ2v) is 3.77. The third-order valence-electron chi connectivity index (χ3n) is 2.62. The summed E-state index contributed by atoms with van der Waals surface area (Å²) >= 11 is 0. The van der Waals surface area contributed by atoms with Crippen LogP contribution in [0, 0.1) is 0 Å². The highest BCUT2D eigenvalue weighted by Crippen LogP contribution is 2.19. The number of hydrogen-bond acceptors (Lipinski definition) is 4. The van der Waals surface area contributed by atoms with Crippen molar-refractivity contribution in [2.24, 2.45) is 0 Å². The zero-order chi connectivity index (χ0) is 12.0. The maximum absolute atomic E-state index is 5.19. The van der Waals surface area contributed by atoms with Gasteiger partial charge in [0.2, 0.25) is 0 Å². The second kappa shape index (κ2) is 6.33. The van der Waals surface area contributed by atoms with Gasteiger partial charge in [-0.05, 0) is 19.9 Å². The van der Waals surface area contributed by atoms with Crippen LogP contribution in [-0.4, -0.2) is 38.3 Å². The first-order valence-electron chi connectivity index (χ1n) is 5.61. The number of likely N-dealkylation sites (N-methyl/N-ethyl adjacent to an activating group) is 1. The van der Waals surface area contributed by atoms with E-state index in [0.717, 1.165) is 24.5 Å². The van der Waals surface area contributed by atoms with Crippen molar-refractivity contribution in [2.75, 3.05) is 37.5 Å². The van der Waals surface area contributed by atoms with Crippen LogP contribution in [0.2, 0.25) is 0 Å². The van der Waals surface area contributed by atoms with Crippen LogP contribution >= 0.6 is 0 Å². The van der Waals surface area contributed by atoms with Gasteiger partial charge in [0.15, 0.2) is 0 Å². The number of methoxy groups -OCH3 is 1. The molecule has 0 aromatic carbocycles. The Labute approximate surface area is 97.6 Å². The fourth-order valence-electron chi connectivity index (χ4n) is 1.80. The summed E-state index contributed by atoms with van der Waals surface area (Å²) in [5.74, 6) is 0. The predicted octanol–water partition coefficient (Wildman–Crippen LogP) is 1.98. The predicted molar refractivity (Wildman–Crippen MR) is 68.1 cm³/mol. The number of anilines is 2. The lowest BCUT2D eigenvalue weighted by molar-refractivity contribution is 0.182. The van der Waals surface area contributed by atoms with Crippen molar-refractivity contribution >= 4 is 11.4 Å². The van der Waals surface area contributed by atoms with E-state index in [1.54, 1.807) is 7.11 Å². The minimum atomic E-state index is 0.351. The van der Waals surface area contributed by atoms with Gasteiger partial charge < -0.3 is 15.0 Å². The summed E-state index contributed by atoms with van der Waals surface area (Å²) in [4.78, 5) is 6.50. The zero-order valence-electron chi connectivity index (χ0n) is 10.5. The molecular formula is C12H21N3O. The Morgan fingerprint density at radius 2 is 2.25 bits per heavy atom. The molecule has 90 valence electrons. The van der Waals surface area contributed by atoms with Gasteiger partial charge in [-0.1, -0.05) is 0 Å². The molecule has 0 aliphatic heterocycles. The van der Waals surface area contributed by atoms with Crippen molar-refractivity contribution in [1.29, 1.82) is 0 Å². The zero-order valence-corrected chi connectivity index (χ0v) is 10.5. The number of nitrogens with zero attached hydrogens (tertiary/aromatic N) is 2. The molecule has 1 atom stereocenters. The van der Waals surface area contributed by atoms with Crippen molar-refractivity contribution in [3.05, 3.63) is 18.5 Å². The smallest absolute Gasteiger partial charge is 0.0663 e. The van der Waals surface area contributed by atoms with Gasteiger partial charge in [-0.25, -0.2) is 0 Å². The minimum Gasteiger partial charge on any atom is -0.387 e. The molecule has 1 heterocycles. The van der Waals surface area contributed by atoms with Crippen LogP contribution < -0.4 is 10.2 Å². The fraction of sp³-hybridized carbons (Fsp3) is 0.583. The van der Waals surface area contributed by atoms with E-state index >= 15 is 0 Å². The quantitative estimate of drug-likeness (QED) is 0.800. The number of aromatic nitrogens is 1. The molecule has 0 aliphatic rings. The lowest BCUT2D eigenvalue weighted by Crippen LogP contribution is -2.36. The maximum Gasteiger partial charge on any atom is 0.0663 e. The van der Waals surface area contributed by atoms with Crippen LogP contribution in [0.3, 0.4) is 0 Å². The molecule has 1 rings (SSSR count). The molecular weight excluding hydrogens is 202 g/mol. The Morgan fingerprint density at radius 3 is 2.81 bits per heavy atom. The molecule has 0 saturated carbocycles. The lowest BCUT2D eigenvalue weighted by Gasteiger charge is -2.29. The van der Waals surface area contributed by atoms with E-state index in [1.165, 1.54) is 0 Å². The molecule has 0 spiro atoms. The number of rotatable bonds is 6. The number of pyridine rings is 1. The molecule has 4 nitrogen and oxygen atoms in total. The molecule has 1 aromatic rings. The third kappa shape index (κ3) is 3.10. The summed E-state index contributed by atoms with van der Waals surface area (Å²) in [5.41, 5.74) is 2.15. The Balaban J connectivity index is 2.85. The highest BCUT2D eigenvalue weighted by atomic mass is 16.5. The van der Waals surface area contributed by atoms with Gasteiger partial charge in [-0.15, -0.1) is 0 Å². The first-order valence-corrected chi connectivity index (χ1v) is 5.61. The van der Waals surface area contributed by atoms with Gasteiger partial charge in [0, 0.05) is 26.7 Å². The van der Waals surface area contributed by atoms with E-state index in [-0.39, 0.29) is 0 Å². The largest absolute Gasteiger partial charge is 0.387 e. The third-order valence-corrected chi connectivity index (χ3v) is 2.62. The van der Waals surface area contributed by atoms with E-state index < -0.39 is 0 Å². The Kier molecular flexibility index (Phi) is 5.05. The Morgan fingerprint density at radius 1 is 1.50 bits per heavy atom. The Hall–Kier alpha value is -1.29. The molecule has 4 heteroatoms. The first kappa shape index (κ1) is 12.8. The molecule has 1 unspecified atom stereocenters. The lowest BCUT2D eigenvalue weighted by atomic mass is 10.2. The van der Waals surface area contributed by atoms with E-state index in [4.69, 9.17) is 4.74 Å². The second-order valence-electron chi connectivity index (χ2n) is 3.77. The highest BCUT2D eigenvalue weighted by molar-refractivity contribution is 5.55. The number of nitrogens with one attached hydrogen (secondary N) is 1. The van der Waals surface area contributed by atoms with Gasteiger partial charge in [0.05, 0.1) is 30.4 Å². The van der Waals surface area contributed by atoms with Crippen molar-refractivity contribution in [2.45, 2.75) is 19.9 Å². The van der Waals surface area contributed by atoms with Crippen LogP contribution in [-0.2, 0) is 4.74 Å². The maximum atomic E-state index is 5.19. The van der Waals surface area contributed by atoms with Gasteiger partial charge in [0.25, 0.3) is 0 Å². The van der Waals surface area contributed by atoms with E-state index in [1.807, 2.05) is 19.4 Å². The van der Waals surface area contributed by atoms with E-state index in [0.29, 0.717) is 6.04 Å². The molecule has 0 amide bonds. The summed E-state index contributed by atoms with van der Waals surface area (Å²) in [6.45, 7) is 5.95. The van der Waals surface area contributed by atoms with Crippen molar-refractivity contribution in [3.63, 3.8) is 0 Å². The summed E-state index contributed by atoms with van der Waals surface area (Å²) in [5, 5.41) is 3.10. The number of hydrogen-bond donors (Lipinski definition) is 1. The minimum absolute atomic E-state index is 0.351. The standard InChI is InChI=1S/C12H21N3O/c1-5-15(10(2)9-16-4)12-6-11(13-3)7-14-8-12/h6-8,10,13H,5,9H2,1-4H3. The molecule has 0 saturated heterocycles. The summed E-state index contributed by atoms with van der Waals surface area (Å²) in [7, 11) is 3.63. The molecule has 0 aliphatic carbocycles. The highest BCUT2D eigenvalue weighted by Gasteiger charge is 2.12. The van der Waals surface area contributed by atoms with Crippen molar-refractivity contribution in [1.82, 2.24) is 4.98 Å². The average molecular weight is 223 g/mol. The van der Waals surface area contributed by atoms with Crippen molar-refractivity contribution < 1.29 is 4.74 Å². The SMILES string of the molecule is CCN(c1cncc(NC)c1)C(C)COC. The fourth-order valence-corrected chi connectivity index (χ4v) is 1.80. The summed E-state index contributed by atoms with van der Waals surface area (Å²) < 4.78 is 5.19. The van der Waals surface area contributed by atoms with Crippen LogP contribution in [0.4, 0.5) is 11.4 Å². The molecule has 1 aromatic heterocycles. The molecule has 0 bridgehead atoms. The van der Waals surface area contributed by atoms with Gasteiger partial charge in [-0.2, -0.15) is 0 Å².